The number of benzene rings is 1. The number of halogens is 3. The molecule has 162 valence electrons. The first-order valence-electron chi connectivity index (χ1n) is 10.0. The molecular formula is C22H35F3O3. The molecule has 2 unspecified atom stereocenters. The van der Waals surface area contributed by atoms with Gasteiger partial charge in [0.2, 0.25) is 0 Å². The van der Waals surface area contributed by atoms with Crippen LogP contribution in [0.2, 0.25) is 0 Å². The Morgan fingerprint density at radius 3 is 2.29 bits per heavy atom. The van der Waals surface area contributed by atoms with Crippen LogP contribution in [0.3, 0.4) is 0 Å². The maximum absolute atomic E-state index is 12.4. The smallest absolute Gasteiger partial charge is 0.416 e. The van der Waals surface area contributed by atoms with Crippen LogP contribution in [0.5, 0.6) is 0 Å². The molecule has 0 aromatic heterocycles. The van der Waals surface area contributed by atoms with Gasteiger partial charge in [0.05, 0.1) is 17.7 Å². The molecule has 0 aliphatic carbocycles. The molecule has 2 rings (SSSR count). The Morgan fingerprint density at radius 1 is 1.25 bits per heavy atom. The Hall–Kier alpha value is -1.56. The third kappa shape index (κ3) is 9.58. The molecule has 2 atom stereocenters. The first-order chi connectivity index (χ1) is 13.1. The number of carbonyl (C=O) groups is 1. The lowest BCUT2D eigenvalue weighted by molar-refractivity contribution is -0.137. The number of hydrogen-bond donors (Lipinski definition) is 0. The third-order valence-electron chi connectivity index (χ3n) is 4.47. The molecule has 1 heterocycles. The molecule has 1 aromatic rings. The third-order valence-corrected chi connectivity index (χ3v) is 4.47. The van der Waals surface area contributed by atoms with E-state index in [0.717, 1.165) is 37.2 Å². The summed E-state index contributed by atoms with van der Waals surface area (Å²) in [4.78, 5) is 11.4. The number of hydrogen-bond acceptors (Lipinski definition) is 3. The van der Waals surface area contributed by atoms with E-state index in [4.69, 9.17) is 4.74 Å². The van der Waals surface area contributed by atoms with Crippen LogP contribution in [0.1, 0.15) is 75.4 Å². The summed E-state index contributed by atoms with van der Waals surface area (Å²) in [6.45, 7) is 14.1. The highest BCUT2D eigenvalue weighted by atomic mass is 19.4. The van der Waals surface area contributed by atoms with Crippen molar-refractivity contribution >= 4 is 5.97 Å². The second-order valence-corrected chi connectivity index (χ2v) is 6.96. The van der Waals surface area contributed by atoms with Crippen LogP contribution in [0.4, 0.5) is 13.2 Å². The van der Waals surface area contributed by atoms with Gasteiger partial charge < -0.3 is 9.47 Å². The Balaban J connectivity index is 0.000000509. The normalized spacial score (nSPS) is 17.0. The fraction of sp³-hybridized carbons (Fsp3) is 0.682. The van der Waals surface area contributed by atoms with Crippen LogP contribution in [0.25, 0.3) is 0 Å². The minimum atomic E-state index is -4.45. The van der Waals surface area contributed by atoms with Crippen molar-refractivity contribution < 1.29 is 27.4 Å². The van der Waals surface area contributed by atoms with Gasteiger partial charge in [-0.25, -0.2) is 4.79 Å². The highest BCUT2D eigenvalue weighted by Gasteiger charge is 2.31. The molecule has 0 radical (unpaired) electrons. The molecule has 1 fully saturated rings. The van der Waals surface area contributed by atoms with Gasteiger partial charge in [-0.3, -0.25) is 0 Å². The van der Waals surface area contributed by atoms with E-state index < -0.39 is 17.7 Å². The standard InChI is InChI=1S/C11H11F3O2.C8H16O.C3H8/c1-3-16-10(15)9-6-8(11(12,13)14)5-4-7(9)2;1-3-7(2)8-4-5-9-6-8;1-3-2/h4-6H,3H2,1-2H3;7-8H,3-6H2,1-2H3;3H2,1-2H3. The van der Waals surface area contributed by atoms with Gasteiger partial charge in [0.15, 0.2) is 0 Å². The number of carbonyl (C=O) groups excluding carboxylic acids is 1. The molecule has 0 amide bonds. The summed E-state index contributed by atoms with van der Waals surface area (Å²) < 4.78 is 47.1. The zero-order chi connectivity index (χ0) is 21.7. The van der Waals surface area contributed by atoms with Gasteiger partial charge in [-0.2, -0.15) is 13.2 Å². The second-order valence-electron chi connectivity index (χ2n) is 6.96. The zero-order valence-corrected chi connectivity index (χ0v) is 18.0. The molecule has 3 nitrogen and oxygen atoms in total. The molecular weight excluding hydrogens is 369 g/mol. The van der Waals surface area contributed by atoms with Crippen LogP contribution in [0, 0.1) is 18.8 Å². The molecule has 1 saturated heterocycles. The van der Waals surface area contributed by atoms with Crippen LogP contribution in [0.15, 0.2) is 18.2 Å². The number of rotatable bonds is 4. The average molecular weight is 405 g/mol. The van der Waals surface area contributed by atoms with Crippen molar-refractivity contribution in [2.24, 2.45) is 11.8 Å². The van der Waals surface area contributed by atoms with Gasteiger partial charge in [-0.15, -0.1) is 0 Å². The molecule has 1 aliphatic heterocycles. The monoisotopic (exact) mass is 404 g/mol. The van der Waals surface area contributed by atoms with E-state index in [1.54, 1.807) is 13.8 Å². The lowest BCUT2D eigenvalue weighted by Gasteiger charge is -2.13. The van der Waals surface area contributed by atoms with Crippen LogP contribution in [-0.2, 0) is 15.7 Å². The van der Waals surface area contributed by atoms with E-state index in [9.17, 15) is 18.0 Å². The van der Waals surface area contributed by atoms with Gasteiger partial charge in [-0.1, -0.05) is 46.6 Å². The first-order valence-corrected chi connectivity index (χ1v) is 10.0. The van der Waals surface area contributed by atoms with Crippen molar-refractivity contribution in [3.05, 3.63) is 34.9 Å². The molecule has 0 N–H and O–H groups in total. The van der Waals surface area contributed by atoms with Crippen molar-refractivity contribution in [2.45, 2.75) is 67.0 Å². The van der Waals surface area contributed by atoms with Crippen molar-refractivity contribution in [3.8, 4) is 0 Å². The lowest BCUT2D eigenvalue weighted by atomic mass is 9.91. The summed E-state index contributed by atoms with van der Waals surface area (Å²) in [5.74, 6) is 0.994. The fourth-order valence-electron chi connectivity index (χ4n) is 2.56. The lowest BCUT2D eigenvalue weighted by Crippen LogP contribution is -2.11. The Kier molecular flexibility index (Phi) is 12.8. The predicted octanol–water partition coefficient (Wildman–Crippen LogP) is 6.68. The van der Waals surface area contributed by atoms with Crippen molar-refractivity contribution in [2.75, 3.05) is 19.8 Å². The Bertz CT molecular complexity index is 565. The van der Waals surface area contributed by atoms with Crippen LogP contribution in [-0.4, -0.2) is 25.8 Å². The summed E-state index contributed by atoms with van der Waals surface area (Å²) in [5, 5.41) is 0. The topological polar surface area (TPSA) is 35.5 Å². The Labute approximate surface area is 167 Å². The number of esters is 1. The summed E-state index contributed by atoms with van der Waals surface area (Å²) in [5.41, 5.74) is -0.427. The van der Waals surface area contributed by atoms with Crippen molar-refractivity contribution in [1.29, 1.82) is 0 Å². The SMILES string of the molecule is CCC.CCC(C)C1CCOC1.CCOC(=O)c1cc(C(F)(F)F)ccc1C. The van der Waals surface area contributed by atoms with Crippen LogP contribution >= 0.6 is 0 Å². The van der Waals surface area contributed by atoms with Crippen LogP contribution < -0.4 is 0 Å². The van der Waals surface area contributed by atoms with E-state index in [1.807, 2.05) is 0 Å². The molecule has 0 bridgehead atoms. The number of alkyl halides is 3. The largest absolute Gasteiger partial charge is 0.462 e. The highest BCUT2D eigenvalue weighted by molar-refractivity contribution is 5.91. The van der Waals surface area contributed by atoms with Gasteiger partial charge in [-0.05, 0) is 49.8 Å². The molecule has 28 heavy (non-hydrogen) atoms. The number of ether oxygens (including phenoxy) is 2. The molecule has 6 heteroatoms. The highest BCUT2D eigenvalue weighted by Crippen LogP contribution is 2.30. The van der Waals surface area contributed by atoms with Gasteiger partial charge in [0.25, 0.3) is 0 Å². The van der Waals surface area contributed by atoms with Gasteiger partial charge in [0, 0.05) is 13.2 Å². The maximum atomic E-state index is 12.4. The summed E-state index contributed by atoms with van der Waals surface area (Å²) in [6.07, 6.45) is -0.613. The minimum absolute atomic E-state index is 0.0447. The summed E-state index contributed by atoms with van der Waals surface area (Å²) in [6, 6.07) is 3.01. The van der Waals surface area contributed by atoms with E-state index in [-0.39, 0.29) is 12.2 Å². The summed E-state index contributed by atoms with van der Waals surface area (Å²) >= 11 is 0. The minimum Gasteiger partial charge on any atom is -0.462 e. The van der Waals surface area contributed by atoms with E-state index in [2.05, 4.69) is 32.4 Å². The van der Waals surface area contributed by atoms with Crippen molar-refractivity contribution in [1.82, 2.24) is 0 Å². The number of aryl methyl sites for hydroxylation is 1. The zero-order valence-electron chi connectivity index (χ0n) is 18.0. The maximum Gasteiger partial charge on any atom is 0.416 e. The first kappa shape index (κ1) is 26.4. The quantitative estimate of drug-likeness (QED) is 0.525. The summed E-state index contributed by atoms with van der Waals surface area (Å²) in [7, 11) is 0. The molecule has 1 aliphatic rings. The molecule has 0 spiro atoms. The van der Waals surface area contributed by atoms with Gasteiger partial charge >= 0.3 is 12.1 Å². The predicted molar refractivity (Wildman–Crippen MR) is 106 cm³/mol. The molecule has 0 saturated carbocycles. The van der Waals surface area contributed by atoms with E-state index >= 15 is 0 Å². The molecule has 1 aromatic carbocycles. The van der Waals surface area contributed by atoms with Gasteiger partial charge in [0.1, 0.15) is 0 Å². The fourth-order valence-corrected chi connectivity index (χ4v) is 2.56. The average Bonchev–Trinajstić information content (AvgIpc) is 3.16. The Morgan fingerprint density at radius 2 is 1.86 bits per heavy atom. The van der Waals surface area contributed by atoms with E-state index in [0.29, 0.717) is 5.56 Å². The van der Waals surface area contributed by atoms with Crippen molar-refractivity contribution in [3.63, 3.8) is 0 Å². The second kappa shape index (κ2) is 13.6. The van der Waals surface area contributed by atoms with E-state index in [1.165, 1.54) is 25.3 Å².